The normalized spacial score (nSPS) is 22.2. The topological polar surface area (TPSA) is 189 Å². The molecule has 5 rings (SSSR count). The Balaban J connectivity index is 1.40. The number of carbonyl (C=O) groups excluding carboxylic acids is 7. The molecule has 17 heteroatoms. The zero-order valence-electron chi connectivity index (χ0n) is 41.6. The van der Waals surface area contributed by atoms with Crippen LogP contribution >= 0.6 is 27.7 Å². The third-order valence-electron chi connectivity index (χ3n) is 13.3. The monoisotopic (exact) mass is 1020 g/mol. The van der Waals surface area contributed by atoms with Crippen molar-refractivity contribution >= 4 is 74.0 Å². The number of carbonyl (C=O) groups is 7. The lowest BCUT2D eigenvalue weighted by Gasteiger charge is -2.36. The molecule has 2 fully saturated rings. The van der Waals surface area contributed by atoms with Crippen molar-refractivity contribution in [3.05, 3.63) is 64.1 Å². The van der Waals surface area contributed by atoms with Crippen LogP contribution in [0.25, 0.3) is 0 Å². The van der Waals surface area contributed by atoms with Gasteiger partial charge >= 0.3 is 0 Å². The number of Topliss-reactive ketones (excluding diaryl/α,β-unsaturated/α-hetero) is 1. The van der Waals surface area contributed by atoms with Gasteiger partial charge < -0.3 is 35.3 Å². The number of phenolic OH excluding ortho intramolecular Hbond substituents is 1. The number of phenols is 1. The molecule has 0 bridgehead atoms. The summed E-state index contributed by atoms with van der Waals surface area (Å²) >= 11 is 4.76. The van der Waals surface area contributed by atoms with Gasteiger partial charge in [0.25, 0.3) is 0 Å². The second-order valence-corrected chi connectivity index (χ2v) is 22.4. The van der Waals surface area contributed by atoms with E-state index in [9.17, 15) is 38.7 Å². The molecule has 3 heterocycles. The molecule has 6 amide bonds. The molecule has 0 aromatic heterocycles. The van der Waals surface area contributed by atoms with E-state index in [-0.39, 0.29) is 59.7 Å². The fraction of sp³-hybridized carbons (Fsp3) is 0.608. The first kappa shape index (κ1) is 54.2. The third-order valence-corrected chi connectivity index (χ3v) is 15.3. The Morgan fingerprint density at radius 3 is 2.13 bits per heavy atom. The highest BCUT2D eigenvalue weighted by atomic mass is 79.9. The summed E-state index contributed by atoms with van der Waals surface area (Å²) in [6, 6.07) is 9.52. The van der Waals surface area contributed by atoms with Gasteiger partial charge in [-0.05, 0) is 90.6 Å². The van der Waals surface area contributed by atoms with Gasteiger partial charge in [-0.2, -0.15) is 0 Å². The summed E-state index contributed by atoms with van der Waals surface area (Å²) in [5.41, 5.74) is -0.496. The van der Waals surface area contributed by atoms with Crippen molar-refractivity contribution in [1.29, 1.82) is 0 Å². The van der Waals surface area contributed by atoms with E-state index in [0.29, 0.717) is 60.3 Å². The number of ketones is 1. The highest BCUT2D eigenvalue weighted by molar-refractivity contribution is 9.10. The maximum absolute atomic E-state index is 15.0. The maximum atomic E-state index is 15.0. The van der Waals surface area contributed by atoms with E-state index < -0.39 is 64.9 Å². The Labute approximate surface area is 415 Å². The van der Waals surface area contributed by atoms with Crippen LogP contribution in [0.3, 0.4) is 0 Å². The van der Waals surface area contributed by atoms with Crippen LogP contribution in [0.1, 0.15) is 106 Å². The van der Waals surface area contributed by atoms with Gasteiger partial charge in [0.15, 0.2) is 5.78 Å². The lowest BCUT2D eigenvalue weighted by atomic mass is 9.95. The first-order chi connectivity index (χ1) is 31.9. The Kier molecular flexibility index (Phi) is 18.1. The molecule has 3 aliphatic heterocycles. The van der Waals surface area contributed by atoms with Crippen LogP contribution in [-0.2, 0) is 46.4 Å². The maximum Gasteiger partial charge on any atom is 0.249 e. The number of likely N-dealkylation sites (tertiary alicyclic amines) is 2. The number of nitrogens with one attached hydrogen (secondary N) is 2. The summed E-state index contributed by atoms with van der Waals surface area (Å²) in [6.07, 6.45) is 2.80. The van der Waals surface area contributed by atoms with Crippen molar-refractivity contribution < 1.29 is 38.7 Å². The van der Waals surface area contributed by atoms with Crippen molar-refractivity contribution in [2.75, 3.05) is 32.9 Å². The number of amides is 6. The molecule has 2 aromatic rings. The first-order valence-electron chi connectivity index (χ1n) is 23.9. The Bertz CT molecular complexity index is 2240. The van der Waals surface area contributed by atoms with Crippen LogP contribution < -0.4 is 10.6 Å². The largest absolute Gasteiger partial charge is 0.507 e. The lowest BCUT2D eigenvalue weighted by Crippen LogP contribution is -2.58. The molecule has 2 saturated heterocycles. The highest BCUT2D eigenvalue weighted by Crippen LogP contribution is 2.37. The summed E-state index contributed by atoms with van der Waals surface area (Å²) in [6.45, 7) is 17.1. The van der Waals surface area contributed by atoms with Crippen molar-refractivity contribution in [3.63, 3.8) is 0 Å². The molecule has 8 atom stereocenters. The lowest BCUT2D eigenvalue weighted by molar-refractivity contribution is -0.148. The summed E-state index contributed by atoms with van der Waals surface area (Å²) < 4.78 is 0.438. The van der Waals surface area contributed by atoms with Gasteiger partial charge in [-0.3, -0.25) is 38.6 Å². The number of likely N-dealkylation sites (N-methyl/N-ethyl adjacent to an activating group) is 2. The number of aliphatic imine (C=N–C) groups is 1. The number of aromatic hydroxyl groups is 1. The van der Waals surface area contributed by atoms with Crippen molar-refractivity contribution in [2.24, 2.45) is 22.2 Å². The first-order valence-corrected chi connectivity index (χ1v) is 25.7. The van der Waals surface area contributed by atoms with Crippen LogP contribution in [0.15, 0.2) is 58.0 Å². The number of hydrogen-bond acceptors (Lipinski definition) is 10. The summed E-state index contributed by atoms with van der Waals surface area (Å²) in [7, 11) is 3.15. The fourth-order valence-electron chi connectivity index (χ4n) is 9.17. The van der Waals surface area contributed by atoms with Crippen LogP contribution in [0.5, 0.6) is 5.75 Å². The van der Waals surface area contributed by atoms with E-state index in [4.69, 9.17) is 4.99 Å². The highest BCUT2D eigenvalue weighted by Gasteiger charge is 2.48. The standard InChI is InChI=1S/C51H72BrN7O8S/c1-12-41(60)37-19-16-22-58(37)46(64)39(26-33-17-14-13-15-18-33)57(11)45(63)36(23-30(2)3)54-49(67)51(9)29-68-43(55-51)38-24-31(4)28-59(38)47(65)40(27-34-20-21-42(61)35(52)25-34)56(10)44(62)32(5)53-48(66)50(6,7)8/h13-15,17-18,20-21,25,30-32,36-40,61H,12,16,19,22-24,26-29H2,1-11H3,(H,53,66)(H,54,67). The molecule has 0 aliphatic carbocycles. The van der Waals surface area contributed by atoms with Crippen molar-refractivity contribution in [1.82, 2.24) is 30.2 Å². The van der Waals surface area contributed by atoms with Crippen molar-refractivity contribution in [2.45, 2.75) is 149 Å². The quantitative estimate of drug-likeness (QED) is 0.166. The van der Waals surface area contributed by atoms with E-state index in [1.165, 1.54) is 27.6 Å². The average molecular weight is 1020 g/mol. The average Bonchev–Trinajstić information content (AvgIpc) is 4.05. The summed E-state index contributed by atoms with van der Waals surface area (Å²) in [5, 5.41) is 16.7. The smallest absolute Gasteiger partial charge is 0.249 e. The molecule has 2 aromatic carbocycles. The molecule has 68 heavy (non-hydrogen) atoms. The number of nitrogens with zero attached hydrogens (tertiary/aromatic N) is 5. The molecule has 372 valence electrons. The van der Waals surface area contributed by atoms with Crippen LogP contribution in [0, 0.1) is 17.3 Å². The van der Waals surface area contributed by atoms with Gasteiger partial charge in [0.05, 0.1) is 21.6 Å². The van der Waals surface area contributed by atoms with Crippen LogP contribution in [-0.4, -0.2) is 146 Å². The number of rotatable bonds is 18. The Morgan fingerprint density at radius 1 is 0.912 bits per heavy atom. The van der Waals surface area contributed by atoms with Crippen LogP contribution in [0.2, 0.25) is 0 Å². The van der Waals surface area contributed by atoms with E-state index in [0.717, 1.165) is 5.56 Å². The van der Waals surface area contributed by atoms with Gasteiger partial charge in [0, 0.05) is 57.6 Å². The van der Waals surface area contributed by atoms with Crippen LogP contribution in [0.4, 0.5) is 0 Å². The molecule has 0 spiro atoms. The number of halogens is 1. The van der Waals surface area contributed by atoms with Gasteiger partial charge in [0.1, 0.15) is 35.5 Å². The third kappa shape index (κ3) is 12.9. The van der Waals surface area contributed by atoms with E-state index >= 15 is 0 Å². The predicted octanol–water partition coefficient (Wildman–Crippen LogP) is 5.79. The summed E-state index contributed by atoms with van der Waals surface area (Å²) in [4.78, 5) is 110. The minimum atomic E-state index is -1.30. The Hall–Kier alpha value is -4.77. The zero-order valence-corrected chi connectivity index (χ0v) is 44.0. The molecule has 8 unspecified atom stereocenters. The molecule has 3 N–H and O–H groups in total. The summed E-state index contributed by atoms with van der Waals surface area (Å²) in [5.74, 6) is -1.91. The molecule has 0 radical (unpaired) electrons. The minimum absolute atomic E-state index is 0.00572. The predicted molar refractivity (Wildman–Crippen MR) is 269 cm³/mol. The van der Waals surface area contributed by atoms with Gasteiger partial charge in [-0.25, -0.2) is 0 Å². The van der Waals surface area contributed by atoms with Gasteiger partial charge in [0.2, 0.25) is 35.4 Å². The number of hydrogen-bond donors (Lipinski definition) is 3. The fourth-order valence-corrected chi connectivity index (χ4v) is 10.9. The SMILES string of the molecule is CCC(=O)C1CCCN1C(=O)C(Cc1ccccc1)N(C)C(=O)C(CC(C)C)NC(=O)C1(C)CSC(C2CC(C)CN2C(=O)C(Cc2ccc(O)c(Br)c2)N(C)C(=O)C(C)NC(=O)C(C)(C)C)=N1. The molecule has 0 saturated carbocycles. The second kappa shape index (κ2) is 22.8. The number of benzene rings is 2. The molecular weight excluding hydrogens is 951 g/mol. The minimum Gasteiger partial charge on any atom is -0.507 e. The van der Waals surface area contributed by atoms with Gasteiger partial charge in [-0.15, -0.1) is 11.8 Å². The van der Waals surface area contributed by atoms with Crippen molar-refractivity contribution in [3.8, 4) is 5.75 Å². The van der Waals surface area contributed by atoms with E-state index in [2.05, 4.69) is 26.6 Å². The number of thioether (sulfide) groups is 1. The zero-order chi connectivity index (χ0) is 50.4. The molecule has 3 aliphatic rings. The van der Waals surface area contributed by atoms with Gasteiger partial charge in [-0.1, -0.05) is 84.9 Å². The Morgan fingerprint density at radius 2 is 1.53 bits per heavy atom. The molecular formula is C51H72BrN7O8S. The second-order valence-electron chi connectivity index (χ2n) is 20.6. The van der Waals surface area contributed by atoms with E-state index in [1.54, 1.807) is 77.6 Å². The van der Waals surface area contributed by atoms with E-state index in [1.807, 2.05) is 51.1 Å². The molecule has 15 nitrogen and oxygen atoms in total.